The lowest BCUT2D eigenvalue weighted by atomic mass is 10.2. The molecule has 1 aromatic rings. The van der Waals surface area contributed by atoms with Crippen molar-refractivity contribution in [2.24, 2.45) is 0 Å². The van der Waals surface area contributed by atoms with E-state index >= 15 is 0 Å². The van der Waals surface area contributed by atoms with Gasteiger partial charge in [0.15, 0.2) is 5.57 Å². The smallest absolute Gasteiger partial charge is 0.350 e. The largest absolute Gasteiger partial charge is 0.492 e. The van der Waals surface area contributed by atoms with Gasteiger partial charge in [-0.2, -0.15) is 0 Å². The van der Waals surface area contributed by atoms with E-state index in [0.717, 1.165) is 25.4 Å². The number of carbonyl (C=O) groups excluding carboxylic acids is 2. The number of cyclic esters (lactones) is 2. The molecule has 1 saturated heterocycles. The van der Waals surface area contributed by atoms with Crippen LogP contribution in [0.5, 0.6) is 5.75 Å². The molecule has 0 radical (unpaired) electrons. The van der Waals surface area contributed by atoms with Crippen molar-refractivity contribution in [3.8, 4) is 5.75 Å². The number of nitrogens with zero attached hydrogens (tertiary/aromatic N) is 1. The van der Waals surface area contributed by atoms with Gasteiger partial charge in [0.05, 0.1) is 0 Å². The number of rotatable bonds is 8. The molecule has 0 aromatic heterocycles. The molecule has 0 atom stereocenters. The minimum absolute atomic E-state index is 0.177. The van der Waals surface area contributed by atoms with Gasteiger partial charge in [0.25, 0.3) is 5.79 Å². The number of esters is 2. The molecule has 26 heavy (non-hydrogen) atoms. The highest BCUT2D eigenvalue weighted by molar-refractivity contribution is 6.15. The molecule has 7 heteroatoms. The van der Waals surface area contributed by atoms with Crippen LogP contribution >= 0.6 is 0 Å². The number of likely N-dealkylation sites (N-methyl/N-ethyl adjacent to an activating group) is 1. The Bertz CT molecular complexity index is 641. The van der Waals surface area contributed by atoms with Crippen molar-refractivity contribution >= 4 is 17.6 Å². The van der Waals surface area contributed by atoms with Crippen molar-refractivity contribution in [2.45, 2.75) is 33.5 Å². The van der Waals surface area contributed by atoms with E-state index in [9.17, 15) is 9.59 Å². The third-order valence-electron chi connectivity index (χ3n) is 3.92. The van der Waals surface area contributed by atoms with Gasteiger partial charge in [0, 0.05) is 32.3 Å². The Labute approximate surface area is 153 Å². The molecule has 2 rings (SSSR count). The predicted molar refractivity (Wildman–Crippen MR) is 97.7 cm³/mol. The third-order valence-corrected chi connectivity index (χ3v) is 3.92. The molecular formula is C19H26N2O5. The molecule has 0 aliphatic carbocycles. The summed E-state index contributed by atoms with van der Waals surface area (Å²) in [5.41, 5.74) is 0.530. The summed E-state index contributed by atoms with van der Waals surface area (Å²) in [7, 11) is 0. The number of nitrogens with one attached hydrogen (secondary N) is 1. The van der Waals surface area contributed by atoms with E-state index in [0.29, 0.717) is 12.3 Å². The van der Waals surface area contributed by atoms with Crippen LogP contribution in [0.1, 0.15) is 27.7 Å². The van der Waals surface area contributed by atoms with E-state index in [2.05, 4.69) is 24.1 Å². The summed E-state index contributed by atoms with van der Waals surface area (Å²) in [6.07, 6.45) is 1.29. The van der Waals surface area contributed by atoms with Crippen molar-refractivity contribution in [3.63, 3.8) is 0 Å². The fourth-order valence-electron chi connectivity index (χ4n) is 2.41. The first-order valence-electron chi connectivity index (χ1n) is 8.73. The van der Waals surface area contributed by atoms with Gasteiger partial charge in [-0.3, -0.25) is 0 Å². The maximum atomic E-state index is 11.9. The number of ether oxygens (including phenoxy) is 3. The van der Waals surface area contributed by atoms with Crippen LogP contribution in [-0.4, -0.2) is 48.9 Å². The zero-order valence-electron chi connectivity index (χ0n) is 15.7. The first kappa shape index (κ1) is 19.8. The van der Waals surface area contributed by atoms with Crippen molar-refractivity contribution < 1.29 is 23.8 Å². The average Bonchev–Trinajstić information content (AvgIpc) is 2.58. The van der Waals surface area contributed by atoms with E-state index in [1.54, 1.807) is 12.1 Å². The van der Waals surface area contributed by atoms with Gasteiger partial charge in [0.2, 0.25) is 0 Å². The molecule has 1 fully saturated rings. The van der Waals surface area contributed by atoms with Gasteiger partial charge in [-0.1, -0.05) is 13.8 Å². The van der Waals surface area contributed by atoms with Crippen molar-refractivity contribution in [1.29, 1.82) is 0 Å². The normalized spacial score (nSPS) is 16.1. The van der Waals surface area contributed by atoms with Crippen LogP contribution in [0.25, 0.3) is 0 Å². The Hall–Kier alpha value is -2.54. The van der Waals surface area contributed by atoms with Crippen LogP contribution in [0, 0.1) is 0 Å². The highest BCUT2D eigenvalue weighted by Gasteiger charge is 2.38. The average molecular weight is 362 g/mol. The molecule has 0 saturated carbocycles. The molecule has 1 aromatic carbocycles. The predicted octanol–water partition coefficient (Wildman–Crippen LogP) is 2.54. The fraction of sp³-hybridized carbons (Fsp3) is 0.474. The maximum absolute atomic E-state index is 11.9. The molecule has 1 heterocycles. The lowest BCUT2D eigenvalue weighted by Crippen LogP contribution is -2.42. The summed E-state index contributed by atoms with van der Waals surface area (Å²) < 4.78 is 15.8. The molecule has 1 N–H and O–H groups in total. The van der Waals surface area contributed by atoms with Crippen LogP contribution in [0.2, 0.25) is 0 Å². The number of carbonyl (C=O) groups is 2. The fourth-order valence-corrected chi connectivity index (χ4v) is 2.41. The van der Waals surface area contributed by atoms with Gasteiger partial charge < -0.3 is 24.4 Å². The lowest BCUT2D eigenvalue weighted by Gasteiger charge is -2.29. The van der Waals surface area contributed by atoms with E-state index in [1.807, 2.05) is 12.1 Å². The van der Waals surface area contributed by atoms with Crippen molar-refractivity contribution in [2.75, 3.05) is 31.6 Å². The second kappa shape index (κ2) is 8.71. The van der Waals surface area contributed by atoms with Gasteiger partial charge >= 0.3 is 11.9 Å². The Kier molecular flexibility index (Phi) is 6.63. The van der Waals surface area contributed by atoms with Crippen LogP contribution in [0.4, 0.5) is 5.69 Å². The molecule has 142 valence electrons. The second-order valence-electron chi connectivity index (χ2n) is 6.28. The van der Waals surface area contributed by atoms with Crippen LogP contribution < -0.4 is 10.1 Å². The SMILES string of the molecule is CCN(CC)CCOc1ccc(NC=C2C(=O)OC(C)(C)OC2=O)cc1. The second-order valence-corrected chi connectivity index (χ2v) is 6.28. The Morgan fingerprint density at radius 3 is 2.19 bits per heavy atom. The number of benzene rings is 1. The first-order chi connectivity index (χ1) is 12.3. The van der Waals surface area contributed by atoms with E-state index in [-0.39, 0.29) is 5.57 Å². The Morgan fingerprint density at radius 1 is 1.08 bits per heavy atom. The topological polar surface area (TPSA) is 77.1 Å². The van der Waals surface area contributed by atoms with Gasteiger partial charge in [-0.15, -0.1) is 0 Å². The standard InChI is InChI=1S/C19H26N2O5/c1-5-21(6-2)11-12-24-15-9-7-14(8-10-15)20-13-16-17(22)25-19(3,4)26-18(16)23/h7-10,13,20H,5-6,11-12H2,1-4H3. The summed E-state index contributed by atoms with van der Waals surface area (Å²) in [6, 6.07) is 7.24. The summed E-state index contributed by atoms with van der Waals surface area (Å²) in [5.74, 6) is -1.91. The van der Waals surface area contributed by atoms with Crippen LogP contribution in [0.3, 0.4) is 0 Å². The van der Waals surface area contributed by atoms with E-state index in [1.165, 1.54) is 20.0 Å². The Balaban J connectivity index is 1.89. The number of hydrogen-bond donors (Lipinski definition) is 1. The maximum Gasteiger partial charge on any atom is 0.350 e. The highest BCUT2D eigenvalue weighted by Crippen LogP contribution is 2.23. The van der Waals surface area contributed by atoms with E-state index < -0.39 is 17.7 Å². The van der Waals surface area contributed by atoms with E-state index in [4.69, 9.17) is 14.2 Å². The minimum atomic E-state index is -1.24. The number of anilines is 1. The molecule has 0 spiro atoms. The summed E-state index contributed by atoms with van der Waals surface area (Å²) >= 11 is 0. The Morgan fingerprint density at radius 2 is 1.65 bits per heavy atom. The molecule has 0 bridgehead atoms. The summed E-state index contributed by atoms with van der Waals surface area (Å²) in [6.45, 7) is 10.7. The highest BCUT2D eigenvalue weighted by atomic mass is 16.7. The van der Waals surface area contributed by atoms with Gasteiger partial charge in [-0.25, -0.2) is 9.59 Å². The molecule has 7 nitrogen and oxygen atoms in total. The molecule has 0 unspecified atom stereocenters. The summed E-state index contributed by atoms with van der Waals surface area (Å²) in [5, 5.41) is 2.89. The zero-order valence-corrected chi connectivity index (χ0v) is 15.7. The third kappa shape index (κ3) is 5.49. The quantitative estimate of drug-likeness (QED) is 0.433. The molecule has 1 aliphatic rings. The van der Waals surface area contributed by atoms with Gasteiger partial charge in [0.1, 0.15) is 12.4 Å². The number of hydrogen-bond acceptors (Lipinski definition) is 7. The first-order valence-corrected chi connectivity index (χ1v) is 8.73. The lowest BCUT2D eigenvalue weighted by molar-refractivity contribution is -0.222. The van der Waals surface area contributed by atoms with Crippen LogP contribution in [0.15, 0.2) is 36.0 Å². The van der Waals surface area contributed by atoms with Crippen molar-refractivity contribution in [3.05, 3.63) is 36.0 Å². The van der Waals surface area contributed by atoms with Crippen LogP contribution in [-0.2, 0) is 19.1 Å². The van der Waals surface area contributed by atoms with Gasteiger partial charge in [-0.05, 0) is 37.4 Å². The minimum Gasteiger partial charge on any atom is -0.492 e. The zero-order chi connectivity index (χ0) is 19.2. The monoisotopic (exact) mass is 362 g/mol. The van der Waals surface area contributed by atoms with Crippen molar-refractivity contribution in [1.82, 2.24) is 4.90 Å². The molecular weight excluding hydrogens is 336 g/mol. The summed E-state index contributed by atoms with van der Waals surface area (Å²) in [4.78, 5) is 26.0. The molecule has 1 aliphatic heterocycles. The molecule has 0 amide bonds.